The van der Waals surface area contributed by atoms with E-state index in [9.17, 15) is 9.59 Å². The normalized spacial score (nSPS) is 18.3. The molecule has 2 aliphatic rings. The smallest absolute Gasteiger partial charge is 0.410 e. The van der Waals surface area contributed by atoms with Gasteiger partial charge in [0, 0.05) is 12.5 Å². The molecule has 0 spiro atoms. The van der Waals surface area contributed by atoms with Crippen LogP contribution in [0.5, 0.6) is 0 Å². The highest BCUT2D eigenvalue weighted by atomic mass is 35.5. The number of likely N-dealkylation sites (tertiary alicyclic amines) is 1. The van der Waals surface area contributed by atoms with Crippen molar-refractivity contribution in [3.63, 3.8) is 0 Å². The van der Waals surface area contributed by atoms with Crippen LogP contribution in [0.2, 0.25) is 0 Å². The maximum Gasteiger partial charge on any atom is 0.410 e. The van der Waals surface area contributed by atoms with Crippen LogP contribution >= 0.6 is 11.9 Å². The molecule has 1 amide bonds. The SMILES string of the molecule is O=C(OCl)[C@@H]1CCCN1C(=O)OCC1c2ccccc2-c2ccccc21. The molecule has 1 aliphatic heterocycles. The molecule has 2 aromatic rings. The predicted molar refractivity (Wildman–Crippen MR) is 96.7 cm³/mol. The van der Waals surface area contributed by atoms with E-state index >= 15 is 0 Å². The summed E-state index contributed by atoms with van der Waals surface area (Å²) in [4.78, 5) is 25.6. The second-order valence-corrected chi connectivity index (χ2v) is 6.71. The molecule has 0 bridgehead atoms. The average Bonchev–Trinajstić information content (AvgIpc) is 3.29. The number of fused-ring (bicyclic) bond motifs is 3. The zero-order valence-electron chi connectivity index (χ0n) is 14.1. The number of nitrogens with zero attached hydrogens (tertiary/aromatic N) is 1. The molecule has 1 aliphatic carbocycles. The average molecular weight is 372 g/mol. The molecule has 0 saturated carbocycles. The van der Waals surface area contributed by atoms with Gasteiger partial charge in [-0.3, -0.25) is 4.90 Å². The van der Waals surface area contributed by atoms with Crippen LogP contribution in [0.15, 0.2) is 48.5 Å². The predicted octanol–water partition coefficient (Wildman–Crippen LogP) is 4.10. The molecule has 0 N–H and O–H groups in total. The Morgan fingerprint density at radius 2 is 1.65 bits per heavy atom. The number of hydrogen-bond acceptors (Lipinski definition) is 4. The molecule has 1 heterocycles. The van der Waals surface area contributed by atoms with Crippen molar-refractivity contribution in [3.8, 4) is 11.1 Å². The first-order chi connectivity index (χ1) is 12.7. The van der Waals surface area contributed by atoms with Crippen LogP contribution in [0.25, 0.3) is 11.1 Å². The van der Waals surface area contributed by atoms with Crippen LogP contribution in [0, 0.1) is 0 Å². The van der Waals surface area contributed by atoms with Gasteiger partial charge in [-0.1, -0.05) is 48.5 Å². The lowest BCUT2D eigenvalue weighted by Gasteiger charge is -2.22. The summed E-state index contributed by atoms with van der Waals surface area (Å²) in [5.74, 6) is -0.620. The van der Waals surface area contributed by atoms with Crippen molar-refractivity contribution in [2.24, 2.45) is 0 Å². The third kappa shape index (κ3) is 2.82. The number of hydrogen-bond donors (Lipinski definition) is 0. The quantitative estimate of drug-likeness (QED) is 0.815. The summed E-state index contributed by atoms with van der Waals surface area (Å²) in [5, 5.41) is 0. The number of carbonyl (C=O) groups is 2. The van der Waals surface area contributed by atoms with Gasteiger partial charge in [-0.15, -0.1) is 0 Å². The first-order valence-corrected chi connectivity index (χ1v) is 8.95. The van der Waals surface area contributed by atoms with Crippen LogP contribution in [0.1, 0.15) is 29.9 Å². The Morgan fingerprint density at radius 3 is 2.27 bits per heavy atom. The fourth-order valence-electron chi connectivity index (χ4n) is 3.96. The number of carbonyl (C=O) groups excluding carboxylic acids is 2. The van der Waals surface area contributed by atoms with E-state index in [2.05, 4.69) is 28.6 Å². The summed E-state index contributed by atoms with van der Waals surface area (Å²) in [6.45, 7) is 0.694. The maximum atomic E-state index is 12.5. The zero-order chi connectivity index (χ0) is 18.1. The molecule has 6 heteroatoms. The summed E-state index contributed by atoms with van der Waals surface area (Å²) in [5.41, 5.74) is 4.65. The number of benzene rings is 2. The Labute approximate surface area is 156 Å². The number of ether oxygens (including phenoxy) is 1. The summed E-state index contributed by atoms with van der Waals surface area (Å²) in [6, 6.07) is 15.6. The summed E-state index contributed by atoms with van der Waals surface area (Å²) < 4.78 is 9.85. The molecule has 1 atom stereocenters. The van der Waals surface area contributed by atoms with E-state index in [1.807, 2.05) is 24.3 Å². The lowest BCUT2D eigenvalue weighted by atomic mass is 9.98. The van der Waals surface area contributed by atoms with Crippen molar-refractivity contribution in [1.82, 2.24) is 4.90 Å². The first-order valence-electron chi connectivity index (χ1n) is 8.64. The molecule has 0 radical (unpaired) electrons. The molecule has 4 rings (SSSR count). The zero-order valence-corrected chi connectivity index (χ0v) is 14.8. The Hall–Kier alpha value is -2.53. The van der Waals surface area contributed by atoms with E-state index in [1.54, 1.807) is 0 Å². The highest BCUT2D eigenvalue weighted by Gasteiger charge is 2.37. The van der Waals surface area contributed by atoms with Crippen LogP contribution in [0.4, 0.5) is 4.79 Å². The van der Waals surface area contributed by atoms with Gasteiger partial charge < -0.3 is 9.03 Å². The van der Waals surface area contributed by atoms with Gasteiger partial charge in [0.2, 0.25) is 0 Å². The molecular formula is C20H18ClNO4. The molecule has 0 aromatic heterocycles. The Bertz CT molecular complexity index is 808. The third-order valence-corrected chi connectivity index (χ3v) is 5.32. The van der Waals surface area contributed by atoms with Gasteiger partial charge in [-0.05, 0) is 35.1 Å². The number of amides is 1. The van der Waals surface area contributed by atoms with Crippen LogP contribution in [-0.4, -0.2) is 36.2 Å². The minimum atomic E-state index is -0.664. The second kappa shape index (κ2) is 7.00. The fraction of sp³-hybridized carbons (Fsp3) is 0.300. The summed E-state index contributed by atoms with van der Waals surface area (Å²) >= 11 is 5.17. The molecular weight excluding hydrogens is 354 g/mol. The van der Waals surface area contributed by atoms with Gasteiger partial charge in [-0.25, -0.2) is 9.59 Å². The monoisotopic (exact) mass is 371 g/mol. The Balaban J connectivity index is 1.51. The van der Waals surface area contributed by atoms with E-state index in [0.717, 1.165) is 17.5 Å². The van der Waals surface area contributed by atoms with Crippen molar-refractivity contribution >= 4 is 23.9 Å². The molecule has 1 fully saturated rings. The molecule has 0 unspecified atom stereocenters. The van der Waals surface area contributed by atoms with Crippen molar-refractivity contribution in [3.05, 3.63) is 59.7 Å². The van der Waals surface area contributed by atoms with Gasteiger partial charge in [0.05, 0.1) is 0 Å². The minimum Gasteiger partial charge on any atom is -0.448 e. The van der Waals surface area contributed by atoms with Crippen LogP contribution in [-0.2, 0) is 13.8 Å². The van der Waals surface area contributed by atoms with Crippen molar-refractivity contribution in [1.29, 1.82) is 0 Å². The molecule has 26 heavy (non-hydrogen) atoms. The van der Waals surface area contributed by atoms with Crippen molar-refractivity contribution < 1.29 is 18.6 Å². The first kappa shape index (κ1) is 16.9. The van der Waals surface area contributed by atoms with E-state index in [4.69, 9.17) is 16.6 Å². The van der Waals surface area contributed by atoms with Crippen molar-refractivity contribution in [2.75, 3.05) is 13.2 Å². The van der Waals surface area contributed by atoms with Gasteiger partial charge in [-0.2, -0.15) is 0 Å². The van der Waals surface area contributed by atoms with Gasteiger partial charge in [0.15, 0.2) is 0 Å². The molecule has 5 nitrogen and oxygen atoms in total. The van der Waals surface area contributed by atoms with E-state index in [1.165, 1.54) is 16.0 Å². The van der Waals surface area contributed by atoms with Gasteiger partial charge in [0.1, 0.15) is 24.5 Å². The summed E-state index contributed by atoms with van der Waals surface area (Å²) in [6.07, 6.45) is 0.757. The van der Waals surface area contributed by atoms with Crippen molar-refractivity contribution in [2.45, 2.75) is 24.8 Å². The molecule has 1 saturated heterocycles. The van der Waals surface area contributed by atoms with Gasteiger partial charge in [0.25, 0.3) is 0 Å². The lowest BCUT2D eigenvalue weighted by Crippen LogP contribution is -2.41. The number of rotatable bonds is 3. The van der Waals surface area contributed by atoms with Crippen LogP contribution < -0.4 is 0 Å². The standard InChI is InChI=1S/C20H18ClNO4/c21-26-19(23)18-10-5-11-22(18)20(24)25-12-17-15-8-3-1-6-13(15)14-7-2-4-9-16(14)17/h1-4,6-9,17-18H,5,10-12H2/t18-/m0/s1. The van der Waals surface area contributed by atoms with E-state index < -0.39 is 18.1 Å². The second-order valence-electron chi connectivity index (χ2n) is 6.55. The Morgan fingerprint density at radius 1 is 1.04 bits per heavy atom. The number of halogens is 1. The topological polar surface area (TPSA) is 55.8 Å². The molecule has 134 valence electrons. The van der Waals surface area contributed by atoms with E-state index in [0.29, 0.717) is 13.0 Å². The Kier molecular flexibility index (Phi) is 4.55. The summed E-state index contributed by atoms with van der Waals surface area (Å²) in [7, 11) is 0. The lowest BCUT2D eigenvalue weighted by molar-refractivity contribution is -0.138. The van der Waals surface area contributed by atoms with E-state index in [-0.39, 0.29) is 12.5 Å². The minimum absolute atomic E-state index is 0.00705. The fourth-order valence-corrected chi connectivity index (χ4v) is 4.06. The van der Waals surface area contributed by atoms with Gasteiger partial charge >= 0.3 is 12.1 Å². The van der Waals surface area contributed by atoms with Crippen LogP contribution in [0.3, 0.4) is 0 Å². The third-order valence-electron chi connectivity index (χ3n) is 5.17. The largest absolute Gasteiger partial charge is 0.448 e. The maximum absolute atomic E-state index is 12.5. The highest BCUT2D eigenvalue weighted by molar-refractivity contribution is 6.14. The highest BCUT2D eigenvalue weighted by Crippen LogP contribution is 2.44. The molecule has 2 aromatic carbocycles.